The number of hydrogen-bond donors (Lipinski definition) is 6. The summed E-state index contributed by atoms with van der Waals surface area (Å²) >= 11 is 0. The number of hydrogen-bond acceptors (Lipinski definition) is 6. The molecule has 0 aliphatic rings. The summed E-state index contributed by atoms with van der Waals surface area (Å²) in [4.78, 5) is 43.4. The minimum Gasteiger partial charge on any atom is -0.496 e. The van der Waals surface area contributed by atoms with Gasteiger partial charge in [0, 0.05) is 23.7 Å². The van der Waals surface area contributed by atoms with Crippen molar-refractivity contribution in [3.05, 3.63) is 36.4 Å². The lowest BCUT2D eigenvalue weighted by molar-refractivity contribution is -0.132. The number of ether oxygens (including phenoxy) is 1. The fraction of sp³-hybridized carbons (Fsp3) is 0.500. The molecule has 0 radical (unpaired) electrons. The van der Waals surface area contributed by atoms with Crippen molar-refractivity contribution in [2.45, 2.75) is 65.1 Å². The van der Waals surface area contributed by atoms with Gasteiger partial charge < -0.3 is 37.9 Å². The number of nitrogens with zero attached hydrogens (tertiary/aromatic N) is 1. The van der Waals surface area contributed by atoms with Gasteiger partial charge in [-0.05, 0) is 42.6 Å². The number of rotatable bonds is 14. The molecule has 0 aromatic heterocycles. The summed E-state index contributed by atoms with van der Waals surface area (Å²) in [5.41, 5.74) is 17.4. The highest BCUT2D eigenvalue weighted by atomic mass is 16.5. The van der Waals surface area contributed by atoms with Gasteiger partial charge in [0.25, 0.3) is 0 Å². The van der Waals surface area contributed by atoms with Gasteiger partial charge in [0.1, 0.15) is 17.8 Å². The van der Waals surface area contributed by atoms with Crippen LogP contribution in [0.3, 0.4) is 0 Å². The lowest BCUT2D eigenvalue weighted by Crippen LogP contribution is -2.56. The summed E-state index contributed by atoms with van der Waals surface area (Å²) in [5, 5.41) is 10.3. The number of benzene rings is 2. The summed E-state index contributed by atoms with van der Waals surface area (Å²) < 4.78 is 5.51. The lowest BCUT2D eigenvalue weighted by Gasteiger charge is -2.26. The largest absolute Gasteiger partial charge is 0.496 e. The van der Waals surface area contributed by atoms with Gasteiger partial charge in [-0.3, -0.25) is 19.4 Å². The first-order valence-corrected chi connectivity index (χ1v) is 13.2. The molecule has 0 fully saturated rings. The van der Waals surface area contributed by atoms with Crippen LogP contribution in [-0.4, -0.2) is 55.5 Å². The number of methoxy groups -OCH3 is 1. The van der Waals surface area contributed by atoms with Crippen molar-refractivity contribution in [1.82, 2.24) is 10.6 Å². The van der Waals surface area contributed by atoms with Crippen LogP contribution in [0.5, 0.6) is 5.75 Å². The topological polar surface area (TPSA) is 187 Å². The minimum absolute atomic E-state index is 0.0514. The smallest absolute Gasteiger partial charge is 0.246 e. The third kappa shape index (κ3) is 9.75. The molecule has 11 heteroatoms. The zero-order valence-electron chi connectivity index (χ0n) is 23.5. The normalized spacial score (nSPS) is 13.4. The fourth-order valence-electron chi connectivity index (χ4n) is 4.06. The van der Waals surface area contributed by atoms with Gasteiger partial charge in [0.15, 0.2) is 5.96 Å². The number of nitrogens with two attached hydrogens (primary N) is 3. The Bertz CT molecular complexity index is 1160. The maximum atomic E-state index is 13.4. The van der Waals surface area contributed by atoms with Gasteiger partial charge in [-0.2, -0.15) is 0 Å². The van der Waals surface area contributed by atoms with E-state index in [2.05, 4.69) is 20.9 Å². The highest BCUT2D eigenvalue weighted by molar-refractivity contribution is 6.01. The highest BCUT2D eigenvalue weighted by Gasteiger charge is 2.29. The van der Waals surface area contributed by atoms with Gasteiger partial charge >= 0.3 is 0 Å². The third-order valence-electron chi connectivity index (χ3n) is 6.25. The monoisotopic (exact) mass is 541 g/mol. The average Bonchev–Trinajstić information content (AvgIpc) is 2.88. The van der Waals surface area contributed by atoms with Gasteiger partial charge in [-0.25, -0.2) is 0 Å². The number of carbonyl (C=O) groups is 3. The SMILES string of the molecule is COc1cc(NC(=O)C(CCCN=C(N)N)NC(=O)C(CC(C)C)NC(=O)C(N)C(C)C)cc2ccccc12. The van der Waals surface area contributed by atoms with E-state index in [0.717, 1.165) is 10.8 Å². The molecule has 0 aliphatic carbocycles. The Morgan fingerprint density at radius 3 is 2.23 bits per heavy atom. The van der Waals surface area contributed by atoms with Crippen molar-refractivity contribution in [1.29, 1.82) is 0 Å². The number of amides is 3. The van der Waals surface area contributed by atoms with Crippen molar-refractivity contribution in [2.75, 3.05) is 19.0 Å². The quantitative estimate of drug-likeness (QED) is 0.120. The van der Waals surface area contributed by atoms with E-state index in [1.54, 1.807) is 13.2 Å². The van der Waals surface area contributed by atoms with Crippen LogP contribution in [0, 0.1) is 11.8 Å². The van der Waals surface area contributed by atoms with E-state index in [0.29, 0.717) is 30.8 Å². The van der Waals surface area contributed by atoms with Crippen LogP contribution in [-0.2, 0) is 14.4 Å². The second-order valence-electron chi connectivity index (χ2n) is 10.4. The first-order valence-electron chi connectivity index (χ1n) is 13.2. The molecule has 39 heavy (non-hydrogen) atoms. The molecule has 3 atom stereocenters. The number of fused-ring (bicyclic) bond motifs is 1. The first-order chi connectivity index (χ1) is 18.4. The molecule has 2 aromatic carbocycles. The van der Waals surface area contributed by atoms with Crippen LogP contribution < -0.4 is 37.9 Å². The van der Waals surface area contributed by atoms with Crippen LogP contribution in [0.25, 0.3) is 10.8 Å². The number of anilines is 1. The number of carbonyl (C=O) groups excluding carboxylic acids is 3. The molecule has 2 rings (SSSR count). The van der Waals surface area contributed by atoms with Gasteiger partial charge in [-0.15, -0.1) is 0 Å². The summed E-state index contributed by atoms with van der Waals surface area (Å²) in [5.74, 6) is -0.730. The Morgan fingerprint density at radius 2 is 1.62 bits per heavy atom. The third-order valence-corrected chi connectivity index (χ3v) is 6.25. The fourth-order valence-corrected chi connectivity index (χ4v) is 4.06. The number of guanidine groups is 1. The molecule has 3 amide bonds. The van der Waals surface area contributed by atoms with Crippen LogP contribution in [0.1, 0.15) is 47.0 Å². The van der Waals surface area contributed by atoms with Crippen molar-refractivity contribution >= 4 is 40.1 Å². The molecule has 214 valence electrons. The standard InChI is InChI=1S/C28H43N7O4/c1-16(2)13-22(35-27(38)24(29)17(3)4)26(37)34-21(11-8-12-32-28(30)31)25(36)33-19-14-18-9-6-7-10-20(18)23(15-19)39-5/h6-7,9-10,14-17,21-22,24H,8,11-13,29H2,1-5H3,(H,33,36)(H,34,37)(H,35,38)(H4,30,31,32). The molecule has 3 unspecified atom stereocenters. The van der Waals surface area contributed by atoms with E-state index in [1.165, 1.54) is 0 Å². The van der Waals surface area contributed by atoms with Crippen molar-refractivity contribution in [2.24, 2.45) is 34.0 Å². The number of aliphatic imine (C=N–C) groups is 1. The first kappa shape index (κ1) is 31.4. The van der Waals surface area contributed by atoms with E-state index in [9.17, 15) is 14.4 Å². The maximum absolute atomic E-state index is 13.4. The Kier molecular flexibility index (Phi) is 12.0. The Balaban J connectivity index is 2.26. The molecule has 2 aromatic rings. The molecule has 0 spiro atoms. The van der Waals surface area contributed by atoms with E-state index in [1.807, 2.05) is 58.0 Å². The molecule has 0 heterocycles. The molecule has 0 saturated heterocycles. The number of nitrogens with one attached hydrogen (secondary N) is 3. The second-order valence-corrected chi connectivity index (χ2v) is 10.4. The van der Waals surface area contributed by atoms with Crippen molar-refractivity contribution in [3.63, 3.8) is 0 Å². The predicted octanol–water partition coefficient (Wildman–Crippen LogP) is 1.84. The second kappa shape index (κ2) is 14.9. The van der Waals surface area contributed by atoms with Crippen LogP contribution in [0.2, 0.25) is 0 Å². The van der Waals surface area contributed by atoms with Crippen molar-refractivity contribution in [3.8, 4) is 5.75 Å². The predicted molar refractivity (Wildman–Crippen MR) is 155 cm³/mol. The lowest BCUT2D eigenvalue weighted by atomic mass is 10.00. The van der Waals surface area contributed by atoms with Crippen molar-refractivity contribution < 1.29 is 19.1 Å². The Hall–Kier alpha value is -3.86. The summed E-state index contributed by atoms with van der Waals surface area (Å²) in [6, 6.07) is 8.71. The van der Waals surface area contributed by atoms with Crippen LogP contribution in [0.4, 0.5) is 5.69 Å². The zero-order chi connectivity index (χ0) is 29.1. The van der Waals surface area contributed by atoms with Crippen LogP contribution in [0.15, 0.2) is 41.4 Å². The van der Waals surface area contributed by atoms with E-state index in [-0.39, 0.29) is 24.2 Å². The molecule has 11 nitrogen and oxygen atoms in total. The Morgan fingerprint density at radius 1 is 0.949 bits per heavy atom. The molecule has 0 bridgehead atoms. The molecular formula is C28H43N7O4. The summed E-state index contributed by atoms with van der Waals surface area (Å²) in [7, 11) is 1.56. The molecule has 0 aliphatic heterocycles. The van der Waals surface area contributed by atoms with Gasteiger partial charge in [-0.1, -0.05) is 52.0 Å². The Labute approximate surface area is 230 Å². The highest BCUT2D eigenvalue weighted by Crippen LogP contribution is 2.29. The summed E-state index contributed by atoms with van der Waals surface area (Å²) in [6.45, 7) is 7.85. The van der Waals surface area contributed by atoms with E-state index in [4.69, 9.17) is 21.9 Å². The zero-order valence-corrected chi connectivity index (χ0v) is 23.5. The average molecular weight is 542 g/mol. The van der Waals surface area contributed by atoms with E-state index < -0.39 is 35.8 Å². The van der Waals surface area contributed by atoms with Gasteiger partial charge in [0.05, 0.1) is 13.2 Å². The van der Waals surface area contributed by atoms with Gasteiger partial charge in [0.2, 0.25) is 17.7 Å². The molecule has 9 N–H and O–H groups in total. The van der Waals surface area contributed by atoms with E-state index >= 15 is 0 Å². The molecule has 0 saturated carbocycles. The summed E-state index contributed by atoms with van der Waals surface area (Å²) in [6.07, 6.45) is 1.09. The minimum atomic E-state index is -0.908. The van der Waals surface area contributed by atoms with Crippen LogP contribution >= 0.6 is 0 Å². The molecular weight excluding hydrogens is 498 g/mol. The maximum Gasteiger partial charge on any atom is 0.246 e.